The van der Waals surface area contributed by atoms with E-state index in [4.69, 9.17) is 0 Å². The fraction of sp³-hybridized carbons (Fsp3) is 0. The molecule has 4 nitrogen and oxygen atoms in total. The molecule has 0 unspecified atom stereocenters. The SMILES string of the molecule is O=C1C=Cc2oncc2C1=O. The first-order valence-electron chi connectivity index (χ1n) is 3.00. The molecule has 0 fully saturated rings. The lowest BCUT2D eigenvalue weighted by Gasteiger charge is -1.96. The molecule has 54 valence electrons. The number of carbonyl (C=O) groups excluding carboxylic acids is 2. The molecule has 0 aromatic carbocycles. The van der Waals surface area contributed by atoms with Crippen LogP contribution in [0.5, 0.6) is 0 Å². The number of ketones is 2. The maximum absolute atomic E-state index is 11.0. The molecule has 1 heterocycles. The molecule has 0 radical (unpaired) electrons. The van der Waals surface area contributed by atoms with Crippen molar-refractivity contribution in [3.63, 3.8) is 0 Å². The number of hydrogen-bond acceptors (Lipinski definition) is 4. The van der Waals surface area contributed by atoms with Gasteiger partial charge in [0.1, 0.15) is 0 Å². The molecule has 0 atom stereocenters. The van der Waals surface area contributed by atoms with Crippen LogP contribution in [0.15, 0.2) is 16.8 Å². The number of rotatable bonds is 0. The highest BCUT2D eigenvalue weighted by molar-refractivity contribution is 6.49. The van der Waals surface area contributed by atoms with Crippen LogP contribution in [0, 0.1) is 0 Å². The predicted molar refractivity (Wildman–Crippen MR) is 34.9 cm³/mol. The molecule has 1 aliphatic carbocycles. The Hall–Kier alpha value is -1.71. The van der Waals surface area contributed by atoms with E-state index in [0.29, 0.717) is 5.76 Å². The Balaban J connectivity index is 2.66. The van der Waals surface area contributed by atoms with Gasteiger partial charge in [0.05, 0.1) is 11.8 Å². The second-order valence-corrected chi connectivity index (χ2v) is 2.13. The highest BCUT2D eigenvalue weighted by atomic mass is 16.5. The smallest absolute Gasteiger partial charge is 0.238 e. The minimum Gasteiger partial charge on any atom is -0.356 e. The van der Waals surface area contributed by atoms with Crippen molar-refractivity contribution < 1.29 is 14.1 Å². The van der Waals surface area contributed by atoms with Crippen molar-refractivity contribution in [2.75, 3.05) is 0 Å². The van der Waals surface area contributed by atoms with Gasteiger partial charge >= 0.3 is 0 Å². The molecular formula is C7H3NO3. The van der Waals surface area contributed by atoms with Crippen LogP contribution in [-0.4, -0.2) is 16.7 Å². The maximum atomic E-state index is 11.0. The Labute approximate surface area is 61.5 Å². The summed E-state index contributed by atoms with van der Waals surface area (Å²) in [4.78, 5) is 21.7. The van der Waals surface area contributed by atoms with Gasteiger partial charge in [-0.15, -0.1) is 0 Å². The summed E-state index contributed by atoms with van der Waals surface area (Å²) in [6.07, 6.45) is 3.86. The van der Waals surface area contributed by atoms with Gasteiger partial charge in [0.15, 0.2) is 5.76 Å². The minimum atomic E-state index is -0.552. The van der Waals surface area contributed by atoms with Crippen LogP contribution in [-0.2, 0) is 4.79 Å². The van der Waals surface area contributed by atoms with E-state index in [1.54, 1.807) is 0 Å². The third-order valence-electron chi connectivity index (χ3n) is 1.45. The van der Waals surface area contributed by atoms with Crippen molar-refractivity contribution in [1.82, 2.24) is 5.16 Å². The number of aromatic nitrogens is 1. The molecule has 0 saturated heterocycles. The van der Waals surface area contributed by atoms with Crippen LogP contribution >= 0.6 is 0 Å². The molecule has 0 spiro atoms. The van der Waals surface area contributed by atoms with Crippen LogP contribution in [0.2, 0.25) is 0 Å². The van der Waals surface area contributed by atoms with Crippen molar-refractivity contribution in [2.24, 2.45) is 0 Å². The zero-order valence-electron chi connectivity index (χ0n) is 5.40. The first kappa shape index (κ1) is 6.03. The van der Waals surface area contributed by atoms with Crippen molar-refractivity contribution in [1.29, 1.82) is 0 Å². The topological polar surface area (TPSA) is 60.2 Å². The molecule has 0 aliphatic heterocycles. The van der Waals surface area contributed by atoms with Gasteiger partial charge in [-0.3, -0.25) is 9.59 Å². The number of Topliss-reactive ketones (excluding diaryl/α,β-unsaturated/α-hetero) is 1. The summed E-state index contributed by atoms with van der Waals surface area (Å²) in [5, 5.41) is 3.39. The van der Waals surface area contributed by atoms with E-state index < -0.39 is 11.6 Å². The highest BCUT2D eigenvalue weighted by Gasteiger charge is 2.23. The van der Waals surface area contributed by atoms with Crippen LogP contribution in [0.1, 0.15) is 16.1 Å². The Morgan fingerprint density at radius 2 is 2.09 bits per heavy atom. The average Bonchev–Trinajstić information content (AvgIpc) is 2.45. The van der Waals surface area contributed by atoms with Gasteiger partial charge in [0, 0.05) is 0 Å². The van der Waals surface area contributed by atoms with Crippen LogP contribution < -0.4 is 0 Å². The molecule has 0 saturated carbocycles. The highest BCUT2D eigenvalue weighted by Crippen LogP contribution is 2.15. The second-order valence-electron chi connectivity index (χ2n) is 2.13. The summed E-state index contributed by atoms with van der Waals surface area (Å²) < 4.78 is 4.66. The summed E-state index contributed by atoms with van der Waals surface area (Å²) in [6.45, 7) is 0. The molecule has 1 aromatic rings. The van der Waals surface area contributed by atoms with E-state index in [9.17, 15) is 9.59 Å². The third kappa shape index (κ3) is 0.724. The van der Waals surface area contributed by atoms with Crippen LogP contribution in [0.4, 0.5) is 0 Å². The zero-order valence-corrected chi connectivity index (χ0v) is 5.40. The van der Waals surface area contributed by atoms with Crippen LogP contribution in [0.25, 0.3) is 6.08 Å². The normalized spacial score (nSPS) is 15.3. The largest absolute Gasteiger partial charge is 0.356 e. The molecule has 4 heteroatoms. The van der Waals surface area contributed by atoms with Gasteiger partial charge in [-0.1, -0.05) is 5.16 Å². The van der Waals surface area contributed by atoms with Gasteiger partial charge in [-0.2, -0.15) is 0 Å². The lowest BCUT2D eigenvalue weighted by atomic mass is 10.0. The fourth-order valence-corrected chi connectivity index (χ4v) is 0.899. The van der Waals surface area contributed by atoms with Gasteiger partial charge in [0.25, 0.3) is 0 Å². The Bertz CT molecular complexity index is 362. The first-order valence-corrected chi connectivity index (χ1v) is 3.00. The predicted octanol–water partition coefficient (Wildman–Crippen LogP) is 0.453. The number of allylic oxidation sites excluding steroid dienone is 1. The second kappa shape index (κ2) is 1.88. The van der Waals surface area contributed by atoms with Crippen molar-refractivity contribution in [2.45, 2.75) is 0 Å². The number of fused-ring (bicyclic) bond motifs is 1. The van der Waals surface area contributed by atoms with E-state index in [0.717, 1.165) is 0 Å². The number of carbonyl (C=O) groups is 2. The van der Waals surface area contributed by atoms with Gasteiger partial charge in [0.2, 0.25) is 11.6 Å². The maximum Gasteiger partial charge on any atom is 0.238 e. The monoisotopic (exact) mass is 149 g/mol. The molecule has 1 aromatic heterocycles. The summed E-state index contributed by atoms with van der Waals surface area (Å²) in [5.41, 5.74) is 0.248. The lowest BCUT2D eigenvalue weighted by molar-refractivity contribution is -0.110. The Morgan fingerprint density at radius 1 is 1.27 bits per heavy atom. The minimum absolute atomic E-state index is 0.248. The number of hydrogen-bond donors (Lipinski definition) is 0. The lowest BCUT2D eigenvalue weighted by Crippen LogP contribution is -2.14. The van der Waals surface area contributed by atoms with Gasteiger partial charge in [-0.25, -0.2) is 0 Å². The first-order chi connectivity index (χ1) is 5.29. The Kier molecular flexibility index (Phi) is 1.03. The Morgan fingerprint density at radius 3 is 2.91 bits per heavy atom. The van der Waals surface area contributed by atoms with Gasteiger partial charge < -0.3 is 4.52 Å². The van der Waals surface area contributed by atoms with Crippen molar-refractivity contribution in [3.8, 4) is 0 Å². The quantitative estimate of drug-likeness (QED) is 0.502. The summed E-state index contributed by atoms with van der Waals surface area (Å²) in [5.74, 6) is -0.723. The van der Waals surface area contributed by atoms with E-state index in [1.807, 2.05) is 0 Å². The standard InChI is InChI=1S/C7H3NO3/c9-5-1-2-6-4(7(5)10)3-8-11-6/h1-3H. The third-order valence-corrected chi connectivity index (χ3v) is 1.45. The van der Waals surface area contributed by atoms with Crippen molar-refractivity contribution >= 4 is 17.6 Å². The average molecular weight is 149 g/mol. The van der Waals surface area contributed by atoms with E-state index in [-0.39, 0.29) is 5.56 Å². The summed E-state index contributed by atoms with van der Waals surface area (Å²) >= 11 is 0. The molecule has 0 N–H and O–H groups in total. The summed E-state index contributed by atoms with van der Waals surface area (Å²) in [6, 6.07) is 0. The fourth-order valence-electron chi connectivity index (χ4n) is 0.899. The molecule has 0 amide bonds. The van der Waals surface area contributed by atoms with E-state index >= 15 is 0 Å². The zero-order chi connectivity index (χ0) is 7.84. The molecule has 11 heavy (non-hydrogen) atoms. The van der Waals surface area contributed by atoms with Crippen molar-refractivity contribution in [3.05, 3.63) is 23.6 Å². The molecule has 1 aliphatic rings. The van der Waals surface area contributed by atoms with Gasteiger partial charge in [-0.05, 0) is 12.2 Å². The van der Waals surface area contributed by atoms with E-state index in [2.05, 4.69) is 9.68 Å². The summed E-state index contributed by atoms with van der Waals surface area (Å²) in [7, 11) is 0. The molecular weight excluding hydrogens is 146 g/mol. The number of nitrogens with zero attached hydrogens (tertiary/aromatic N) is 1. The molecule has 0 bridgehead atoms. The molecule has 2 rings (SSSR count). The van der Waals surface area contributed by atoms with Crippen LogP contribution in [0.3, 0.4) is 0 Å². The van der Waals surface area contributed by atoms with E-state index in [1.165, 1.54) is 18.3 Å².